The van der Waals surface area contributed by atoms with E-state index >= 15 is 0 Å². The first-order valence-electron chi connectivity index (χ1n) is 6.63. The number of nitrogens with one attached hydrogen (secondary N) is 1. The second-order valence-electron chi connectivity index (χ2n) is 5.47. The summed E-state index contributed by atoms with van der Waals surface area (Å²) in [6.07, 6.45) is -0.0514. The SMILES string of the molecule is COc1ccc(C2NC(C(C)C)C(=O)N2C)cc1C. The van der Waals surface area contributed by atoms with Gasteiger partial charge < -0.3 is 9.64 Å². The summed E-state index contributed by atoms with van der Waals surface area (Å²) in [5.74, 6) is 1.32. The van der Waals surface area contributed by atoms with E-state index in [-0.39, 0.29) is 18.1 Å². The molecule has 1 aromatic rings. The third-order valence-electron chi connectivity index (χ3n) is 3.74. The summed E-state index contributed by atoms with van der Waals surface area (Å²) in [4.78, 5) is 14.0. The van der Waals surface area contributed by atoms with E-state index in [1.165, 1.54) is 0 Å². The molecule has 1 amide bonds. The number of ether oxygens (including phenoxy) is 1. The average molecular weight is 262 g/mol. The number of nitrogens with zero attached hydrogens (tertiary/aromatic N) is 1. The van der Waals surface area contributed by atoms with E-state index in [1.54, 1.807) is 12.0 Å². The predicted octanol–water partition coefficient (Wildman–Crippen LogP) is 2.09. The zero-order valence-electron chi connectivity index (χ0n) is 12.2. The van der Waals surface area contributed by atoms with Crippen molar-refractivity contribution < 1.29 is 9.53 Å². The van der Waals surface area contributed by atoms with Crippen LogP contribution in [0.1, 0.15) is 31.1 Å². The fourth-order valence-electron chi connectivity index (χ4n) is 2.57. The Labute approximate surface area is 114 Å². The van der Waals surface area contributed by atoms with Crippen molar-refractivity contribution in [3.63, 3.8) is 0 Å². The molecule has 1 fully saturated rings. The van der Waals surface area contributed by atoms with E-state index < -0.39 is 0 Å². The van der Waals surface area contributed by atoms with Crippen LogP contribution in [0.2, 0.25) is 0 Å². The van der Waals surface area contributed by atoms with E-state index in [0.717, 1.165) is 16.9 Å². The lowest BCUT2D eigenvalue weighted by Gasteiger charge is -2.20. The summed E-state index contributed by atoms with van der Waals surface area (Å²) in [5.41, 5.74) is 2.17. The average Bonchev–Trinajstić information content (AvgIpc) is 2.66. The number of rotatable bonds is 3. The van der Waals surface area contributed by atoms with Crippen molar-refractivity contribution in [2.24, 2.45) is 5.92 Å². The minimum Gasteiger partial charge on any atom is -0.496 e. The number of benzene rings is 1. The van der Waals surface area contributed by atoms with Gasteiger partial charge in [0.25, 0.3) is 0 Å². The Morgan fingerprint density at radius 1 is 1.37 bits per heavy atom. The zero-order chi connectivity index (χ0) is 14.2. The molecule has 0 saturated carbocycles. The van der Waals surface area contributed by atoms with Crippen molar-refractivity contribution in [1.82, 2.24) is 10.2 Å². The predicted molar refractivity (Wildman–Crippen MR) is 75.0 cm³/mol. The molecule has 1 aliphatic heterocycles. The maximum absolute atomic E-state index is 12.2. The number of amides is 1. The Kier molecular flexibility index (Phi) is 3.80. The van der Waals surface area contributed by atoms with E-state index in [0.29, 0.717) is 5.92 Å². The Morgan fingerprint density at radius 2 is 2.05 bits per heavy atom. The minimum atomic E-state index is -0.0996. The van der Waals surface area contributed by atoms with Gasteiger partial charge in [0.15, 0.2) is 0 Å². The Balaban J connectivity index is 2.28. The van der Waals surface area contributed by atoms with Crippen molar-refractivity contribution in [3.8, 4) is 5.75 Å². The first kappa shape index (κ1) is 13.9. The van der Waals surface area contributed by atoms with Gasteiger partial charge in [0.2, 0.25) is 5.91 Å². The van der Waals surface area contributed by atoms with Crippen LogP contribution in [0, 0.1) is 12.8 Å². The fraction of sp³-hybridized carbons (Fsp3) is 0.533. The molecule has 19 heavy (non-hydrogen) atoms. The van der Waals surface area contributed by atoms with Crippen LogP contribution in [0.3, 0.4) is 0 Å². The number of hydrogen-bond acceptors (Lipinski definition) is 3. The van der Waals surface area contributed by atoms with E-state index in [4.69, 9.17) is 4.74 Å². The third kappa shape index (κ3) is 2.45. The van der Waals surface area contributed by atoms with Gasteiger partial charge in [-0.25, -0.2) is 0 Å². The van der Waals surface area contributed by atoms with Gasteiger partial charge >= 0.3 is 0 Å². The number of methoxy groups -OCH3 is 1. The Hall–Kier alpha value is -1.55. The summed E-state index contributed by atoms with van der Waals surface area (Å²) in [7, 11) is 3.52. The highest BCUT2D eigenvalue weighted by molar-refractivity contribution is 5.84. The van der Waals surface area contributed by atoms with Crippen LogP contribution in [0.5, 0.6) is 5.75 Å². The standard InChI is InChI=1S/C15H22N2O2/c1-9(2)13-15(18)17(4)14(16-13)11-6-7-12(19-5)10(3)8-11/h6-9,13-14,16H,1-5H3. The topological polar surface area (TPSA) is 41.6 Å². The summed E-state index contributed by atoms with van der Waals surface area (Å²) < 4.78 is 5.27. The molecule has 2 unspecified atom stereocenters. The second kappa shape index (κ2) is 5.21. The van der Waals surface area contributed by atoms with Crippen LogP contribution in [-0.2, 0) is 4.79 Å². The van der Waals surface area contributed by atoms with E-state index in [2.05, 4.69) is 25.2 Å². The lowest BCUT2D eigenvalue weighted by molar-refractivity contribution is -0.129. The molecule has 0 spiro atoms. The molecular weight excluding hydrogens is 240 g/mol. The number of aryl methyl sites for hydroxylation is 1. The molecule has 0 aliphatic carbocycles. The van der Waals surface area contributed by atoms with Crippen LogP contribution in [0.25, 0.3) is 0 Å². The fourth-order valence-corrected chi connectivity index (χ4v) is 2.57. The minimum absolute atomic E-state index is 0.0514. The number of likely N-dealkylation sites (N-methyl/N-ethyl adjacent to an activating group) is 1. The maximum atomic E-state index is 12.2. The van der Waals surface area contributed by atoms with Crippen LogP contribution in [-0.4, -0.2) is 31.0 Å². The van der Waals surface area contributed by atoms with Crippen LogP contribution >= 0.6 is 0 Å². The first-order valence-corrected chi connectivity index (χ1v) is 6.63. The normalized spacial score (nSPS) is 23.3. The molecule has 4 nitrogen and oxygen atoms in total. The Bertz CT molecular complexity index is 485. The summed E-state index contributed by atoms with van der Waals surface area (Å²) in [6.45, 7) is 6.13. The maximum Gasteiger partial charge on any atom is 0.241 e. The van der Waals surface area contributed by atoms with Gasteiger partial charge in [-0.15, -0.1) is 0 Å². The molecule has 1 heterocycles. The van der Waals surface area contributed by atoms with Gasteiger partial charge in [-0.1, -0.05) is 19.9 Å². The highest BCUT2D eigenvalue weighted by Gasteiger charge is 2.38. The monoisotopic (exact) mass is 262 g/mol. The molecule has 2 atom stereocenters. The molecular formula is C15H22N2O2. The largest absolute Gasteiger partial charge is 0.496 e. The van der Waals surface area contributed by atoms with Crippen molar-refractivity contribution in [3.05, 3.63) is 29.3 Å². The first-order chi connectivity index (χ1) is 8.95. The van der Waals surface area contributed by atoms with Gasteiger partial charge in [0.05, 0.1) is 13.2 Å². The van der Waals surface area contributed by atoms with Crippen molar-refractivity contribution in [2.75, 3.05) is 14.2 Å². The summed E-state index contributed by atoms with van der Waals surface area (Å²) >= 11 is 0. The molecule has 1 N–H and O–H groups in total. The number of hydrogen-bond donors (Lipinski definition) is 1. The lowest BCUT2D eigenvalue weighted by atomic mass is 10.0. The highest BCUT2D eigenvalue weighted by Crippen LogP contribution is 2.29. The Morgan fingerprint density at radius 3 is 2.53 bits per heavy atom. The van der Waals surface area contributed by atoms with Gasteiger partial charge in [-0.3, -0.25) is 10.1 Å². The zero-order valence-corrected chi connectivity index (χ0v) is 12.2. The van der Waals surface area contributed by atoms with Crippen LogP contribution < -0.4 is 10.1 Å². The highest BCUT2D eigenvalue weighted by atomic mass is 16.5. The van der Waals surface area contributed by atoms with E-state index in [9.17, 15) is 4.79 Å². The quantitative estimate of drug-likeness (QED) is 0.907. The molecule has 0 bridgehead atoms. The van der Waals surface area contributed by atoms with Crippen molar-refractivity contribution >= 4 is 5.91 Å². The van der Waals surface area contributed by atoms with Crippen LogP contribution in [0.15, 0.2) is 18.2 Å². The van der Waals surface area contributed by atoms with Crippen LogP contribution in [0.4, 0.5) is 0 Å². The van der Waals surface area contributed by atoms with Crippen molar-refractivity contribution in [2.45, 2.75) is 33.0 Å². The number of carbonyl (C=O) groups is 1. The summed E-state index contributed by atoms with van der Waals surface area (Å²) in [5, 5.41) is 3.41. The number of carbonyl (C=O) groups excluding carboxylic acids is 1. The second-order valence-corrected chi connectivity index (χ2v) is 5.47. The lowest BCUT2D eigenvalue weighted by Crippen LogP contribution is -2.33. The summed E-state index contributed by atoms with van der Waals surface area (Å²) in [6, 6.07) is 5.93. The third-order valence-corrected chi connectivity index (χ3v) is 3.74. The molecule has 104 valence electrons. The van der Waals surface area contributed by atoms with Gasteiger partial charge in [-0.05, 0) is 36.1 Å². The molecule has 1 saturated heterocycles. The smallest absolute Gasteiger partial charge is 0.241 e. The molecule has 2 rings (SSSR count). The van der Waals surface area contributed by atoms with E-state index in [1.807, 2.05) is 26.1 Å². The molecule has 1 aromatic carbocycles. The molecule has 0 aromatic heterocycles. The van der Waals surface area contributed by atoms with Gasteiger partial charge in [0, 0.05) is 7.05 Å². The van der Waals surface area contributed by atoms with Gasteiger partial charge in [-0.2, -0.15) is 0 Å². The van der Waals surface area contributed by atoms with Gasteiger partial charge in [0.1, 0.15) is 11.9 Å². The molecule has 1 aliphatic rings. The molecule has 4 heteroatoms. The molecule has 0 radical (unpaired) electrons. The van der Waals surface area contributed by atoms with Crippen molar-refractivity contribution in [1.29, 1.82) is 0 Å².